The van der Waals surface area contributed by atoms with Crippen LogP contribution in [-0.4, -0.2) is 40.4 Å². The van der Waals surface area contributed by atoms with E-state index in [4.69, 9.17) is 10.5 Å². The molecule has 2 unspecified atom stereocenters. The van der Waals surface area contributed by atoms with Crippen LogP contribution in [0.15, 0.2) is 42.5 Å². The van der Waals surface area contributed by atoms with Crippen LogP contribution in [0.5, 0.6) is 5.75 Å². The van der Waals surface area contributed by atoms with Gasteiger partial charge in [0.05, 0.1) is 24.8 Å². The zero-order valence-corrected chi connectivity index (χ0v) is 19.3. The van der Waals surface area contributed by atoms with Gasteiger partial charge in [-0.3, -0.25) is 9.59 Å². The predicted octanol–water partition coefficient (Wildman–Crippen LogP) is 3.25. The van der Waals surface area contributed by atoms with Gasteiger partial charge in [0.15, 0.2) is 0 Å². The number of hydrogen-bond donors (Lipinski definition) is 4. The summed E-state index contributed by atoms with van der Waals surface area (Å²) in [7, 11) is 1.42. The van der Waals surface area contributed by atoms with Gasteiger partial charge in [0, 0.05) is 12.1 Å². The first-order valence-corrected chi connectivity index (χ1v) is 11.4. The smallest absolute Gasteiger partial charge is 0.255 e. The predicted molar refractivity (Wildman–Crippen MR) is 129 cm³/mol. The van der Waals surface area contributed by atoms with Crippen molar-refractivity contribution in [1.82, 2.24) is 15.1 Å². The Morgan fingerprint density at radius 1 is 1.29 bits per heavy atom. The molecule has 184 valence electrons. The summed E-state index contributed by atoms with van der Waals surface area (Å²) in [5, 5.41) is 20.1. The molecule has 1 saturated carbocycles. The van der Waals surface area contributed by atoms with Crippen LogP contribution >= 0.6 is 0 Å². The molecule has 9 nitrogen and oxygen atoms in total. The second-order valence-electron chi connectivity index (χ2n) is 8.51. The summed E-state index contributed by atoms with van der Waals surface area (Å²) in [6.07, 6.45) is 3.19. The molecule has 5 N–H and O–H groups in total. The molecule has 1 aliphatic rings. The van der Waals surface area contributed by atoms with E-state index in [2.05, 4.69) is 15.7 Å². The van der Waals surface area contributed by atoms with Crippen molar-refractivity contribution in [3.05, 3.63) is 59.4 Å². The maximum absolute atomic E-state index is 13.6. The normalized spacial score (nSPS) is 17.6. The molecule has 0 bridgehead atoms. The van der Waals surface area contributed by atoms with Crippen molar-refractivity contribution in [2.24, 2.45) is 0 Å². The Bertz CT molecular complexity index is 1210. The average molecular weight is 482 g/mol. The molecule has 1 aromatic heterocycles. The number of nitrogens with zero attached hydrogens (tertiary/aromatic N) is 2. The Balaban J connectivity index is 1.51. The lowest BCUT2D eigenvalue weighted by Crippen LogP contribution is -2.24. The molecule has 35 heavy (non-hydrogen) atoms. The lowest BCUT2D eigenvalue weighted by molar-refractivity contribution is -0.105. The van der Waals surface area contributed by atoms with Crippen molar-refractivity contribution in [2.75, 3.05) is 18.2 Å². The maximum atomic E-state index is 13.6. The monoisotopic (exact) mass is 481 g/mol. The lowest BCUT2D eigenvalue weighted by Gasteiger charge is -2.26. The maximum Gasteiger partial charge on any atom is 0.255 e. The molecule has 1 fully saturated rings. The topological polar surface area (TPSA) is 132 Å². The number of nitrogens with two attached hydrogens (primary N) is 1. The molecule has 2 amide bonds. The molecule has 1 heterocycles. The Labute approximate surface area is 202 Å². The highest BCUT2D eigenvalue weighted by molar-refractivity contribution is 5.97. The fraction of sp³-hybridized carbons (Fsp3) is 0.320. The third kappa shape index (κ3) is 5.27. The van der Waals surface area contributed by atoms with Gasteiger partial charge < -0.3 is 26.2 Å². The fourth-order valence-electron chi connectivity index (χ4n) is 4.41. The van der Waals surface area contributed by atoms with Crippen LogP contribution < -0.4 is 21.1 Å². The number of halogens is 1. The number of aliphatic hydroxyl groups is 1. The van der Waals surface area contributed by atoms with E-state index in [0.29, 0.717) is 30.0 Å². The van der Waals surface area contributed by atoms with Crippen molar-refractivity contribution in [3.63, 3.8) is 0 Å². The quantitative estimate of drug-likeness (QED) is 0.365. The summed E-state index contributed by atoms with van der Waals surface area (Å²) in [6, 6.07) is 11.0. The number of hydrogen-bond acceptors (Lipinski definition) is 6. The second kappa shape index (κ2) is 10.6. The summed E-state index contributed by atoms with van der Waals surface area (Å²) < 4.78 is 20.4. The van der Waals surface area contributed by atoms with E-state index >= 15 is 0 Å². The van der Waals surface area contributed by atoms with Gasteiger partial charge in [0.25, 0.3) is 5.91 Å². The Morgan fingerprint density at radius 2 is 2.06 bits per heavy atom. The van der Waals surface area contributed by atoms with Gasteiger partial charge in [-0.1, -0.05) is 24.3 Å². The summed E-state index contributed by atoms with van der Waals surface area (Å²) in [4.78, 5) is 23.7. The minimum atomic E-state index is -0.526. The van der Waals surface area contributed by atoms with Gasteiger partial charge in [-0.15, -0.1) is 0 Å². The summed E-state index contributed by atoms with van der Waals surface area (Å²) in [5.41, 5.74) is 8.91. The number of benzene rings is 2. The van der Waals surface area contributed by atoms with Crippen LogP contribution in [0.3, 0.4) is 0 Å². The minimum absolute atomic E-state index is 0.0472. The number of aliphatic hydroxyl groups excluding tert-OH is 1. The van der Waals surface area contributed by atoms with E-state index < -0.39 is 17.8 Å². The molecule has 3 aromatic rings. The highest BCUT2D eigenvalue weighted by atomic mass is 19.1. The summed E-state index contributed by atoms with van der Waals surface area (Å²) in [6.45, 7) is 0.217. The highest BCUT2D eigenvalue weighted by Crippen LogP contribution is 2.37. The van der Waals surface area contributed by atoms with Gasteiger partial charge in [-0.2, -0.15) is 5.10 Å². The van der Waals surface area contributed by atoms with Crippen molar-refractivity contribution in [1.29, 1.82) is 0 Å². The molecule has 0 aliphatic heterocycles. The molecule has 1 aliphatic carbocycles. The lowest BCUT2D eigenvalue weighted by atomic mass is 9.93. The number of methoxy groups -OCH3 is 1. The Hall–Kier alpha value is -3.92. The van der Waals surface area contributed by atoms with Gasteiger partial charge in [0.2, 0.25) is 6.41 Å². The molecule has 4 rings (SSSR count). The molecule has 0 spiro atoms. The van der Waals surface area contributed by atoms with Crippen LogP contribution in [0.4, 0.5) is 15.9 Å². The van der Waals surface area contributed by atoms with Crippen molar-refractivity contribution in [3.8, 4) is 17.0 Å². The first kappa shape index (κ1) is 24.2. The first-order chi connectivity index (χ1) is 16.9. The van der Waals surface area contributed by atoms with Crippen molar-refractivity contribution >= 4 is 23.8 Å². The van der Waals surface area contributed by atoms with Crippen molar-refractivity contribution in [2.45, 2.75) is 44.4 Å². The Kier molecular flexibility index (Phi) is 7.31. The molecule has 10 heteroatoms. The van der Waals surface area contributed by atoms with Gasteiger partial charge in [-0.25, -0.2) is 9.07 Å². The van der Waals surface area contributed by atoms with Crippen LogP contribution in [0.25, 0.3) is 11.3 Å². The molecular weight excluding hydrogens is 453 g/mol. The zero-order valence-electron chi connectivity index (χ0n) is 19.3. The molecule has 2 aromatic carbocycles. The Morgan fingerprint density at radius 3 is 2.74 bits per heavy atom. The zero-order chi connectivity index (χ0) is 24.9. The van der Waals surface area contributed by atoms with Crippen LogP contribution in [0.2, 0.25) is 0 Å². The number of carbonyl (C=O) groups excluding carboxylic acids is 2. The number of nitrogen functional groups attached to an aromatic ring is 1. The number of ether oxygens (including phenoxy) is 1. The van der Waals surface area contributed by atoms with Gasteiger partial charge in [-0.05, 0) is 49.4 Å². The molecular formula is C25H28FN5O4. The van der Waals surface area contributed by atoms with E-state index in [-0.39, 0.29) is 23.9 Å². The van der Waals surface area contributed by atoms with E-state index in [1.165, 1.54) is 19.2 Å². The number of rotatable bonds is 8. The number of carbonyl (C=O) groups is 2. The average Bonchev–Trinajstić information content (AvgIpc) is 3.19. The molecule has 2 atom stereocenters. The number of aromatic nitrogens is 2. The van der Waals surface area contributed by atoms with E-state index in [1.807, 2.05) is 24.3 Å². The highest BCUT2D eigenvalue weighted by Gasteiger charge is 2.27. The van der Waals surface area contributed by atoms with Crippen molar-refractivity contribution < 1.29 is 23.8 Å². The number of nitrogens with one attached hydrogen (secondary N) is 2. The molecule has 0 radical (unpaired) electrons. The second-order valence-corrected chi connectivity index (χ2v) is 8.51. The fourth-order valence-corrected chi connectivity index (χ4v) is 4.41. The third-order valence-electron chi connectivity index (χ3n) is 6.20. The largest absolute Gasteiger partial charge is 0.496 e. The standard InChI is InChI=1S/C25H28FN5O4/c1-35-21-10-9-17(26)11-20(21)25(34)28-13-15-5-7-16(8-6-15)22-23(29-14-32)24(27)31(30-22)18-3-2-4-19(33)12-18/h5-11,14,18-19,33H,2-4,12-13,27H2,1H3,(H,28,34)(H,29,32). The molecule has 0 saturated heterocycles. The van der Waals surface area contributed by atoms with E-state index in [1.54, 1.807) is 4.68 Å². The minimum Gasteiger partial charge on any atom is -0.496 e. The van der Waals surface area contributed by atoms with Gasteiger partial charge >= 0.3 is 0 Å². The van der Waals surface area contributed by atoms with E-state index in [0.717, 1.165) is 36.5 Å². The van der Waals surface area contributed by atoms with Gasteiger partial charge in [0.1, 0.15) is 28.8 Å². The summed E-state index contributed by atoms with van der Waals surface area (Å²) >= 11 is 0. The van der Waals surface area contributed by atoms with Crippen LogP contribution in [-0.2, 0) is 11.3 Å². The number of amides is 2. The SMILES string of the molecule is COc1ccc(F)cc1C(=O)NCc1ccc(-c2nn(C3CCCC(O)C3)c(N)c2NC=O)cc1. The van der Waals surface area contributed by atoms with Crippen LogP contribution in [0.1, 0.15) is 47.6 Å². The van der Waals surface area contributed by atoms with Crippen LogP contribution in [0, 0.1) is 5.82 Å². The summed E-state index contributed by atoms with van der Waals surface area (Å²) in [5.74, 6) is -0.356. The first-order valence-electron chi connectivity index (χ1n) is 11.4. The number of anilines is 2. The third-order valence-corrected chi connectivity index (χ3v) is 6.20. The van der Waals surface area contributed by atoms with E-state index in [9.17, 15) is 19.1 Å².